The van der Waals surface area contributed by atoms with E-state index in [4.69, 9.17) is 0 Å². The lowest BCUT2D eigenvalue weighted by Crippen LogP contribution is -2.25. The minimum Gasteiger partial charge on any atom is -0.481 e. The highest BCUT2D eigenvalue weighted by molar-refractivity contribution is 7.22. The molecule has 1 aliphatic rings. The molecule has 1 fully saturated rings. The van der Waals surface area contributed by atoms with Gasteiger partial charge < -0.3 is 10.4 Å². The van der Waals surface area contributed by atoms with Crippen LogP contribution in [-0.4, -0.2) is 21.8 Å². The number of Topliss-reactive ketones (excluding diaryl/α,β-unsaturated/α-hetero) is 1. The summed E-state index contributed by atoms with van der Waals surface area (Å²) in [5, 5.41) is 13.1. The number of carboxylic acid groups (broad SMARTS) is 1. The Morgan fingerprint density at radius 3 is 2.42 bits per heavy atom. The molecule has 1 saturated carbocycles. The minimum atomic E-state index is -0.905. The van der Waals surface area contributed by atoms with Crippen LogP contribution in [0, 0.1) is 17.7 Å². The Morgan fingerprint density at radius 2 is 1.72 bits per heavy atom. The normalized spacial score (nSPS) is 17.6. The standard InChI is InChI=1S/C29H27FN2O3S/c1-16(2)19-10-13-25-26(15-19)36-29(32-25)31-24-12-11-20(14-23(24)30)17-6-8-18(9-7-17)27(33)21-4-3-5-22(21)28(34)35/h6-16,21-22H,3-5H2,1-2H3,(H,31,32)(H,34,35). The molecule has 1 aliphatic carbocycles. The summed E-state index contributed by atoms with van der Waals surface area (Å²) in [6.45, 7) is 4.29. The molecule has 1 heterocycles. The van der Waals surface area contributed by atoms with Crippen molar-refractivity contribution in [2.24, 2.45) is 11.8 Å². The van der Waals surface area contributed by atoms with E-state index in [1.165, 1.54) is 23.0 Å². The Bertz CT molecular complexity index is 1440. The lowest BCUT2D eigenvalue weighted by molar-refractivity contribution is -0.142. The van der Waals surface area contributed by atoms with Gasteiger partial charge in [0.2, 0.25) is 0 Å². The van der Waals surface area contributed by atoms with E-state index in [0.717, 1.165) is 22.2 Å². The quantitative estimate of drug-likeness (QED) is 0.254. The van der Waals surface area contributed by atoms with Crippen LogP contribution in [0.25, 0.3) is 21.3 Å². The molecule has 2 atom stereocenters. The Kier molecular flexibility index (Phi) is 6.58. The molecule has 0 amide bonds. The molecular weight excluding hydrogens is 475 g/mol. The first-order chi connectivity index (χ1) is 17.3. The smallest absolute Gasteiger partial charge is 0.307 e. The van der Waals surface area contributed by atoms with Gasteiger partial charge in [-0.1, -0.05) is 68.0 Å². The van der Waals surface area contributed by atoms with Crippen LogP contribution in [0.3, 0.4) is 0 Å². The number of thiazole rings is 1. The molecular formula is C29H27FN2O3S. The predicted molar refractivity (Wildman–Crippen MR) is 142 cm³/mol. The van der Waals surface area contributed by atoms with Crippen molar-refractivity contribution in [3.8, 4) is 11.1 Å². The summed E-state index contributed by atoms with van der Waals surface area (Å²) in [5.41, 5.74) is 4.42. The third kappa shape index (κ3) is 4.75. The van der Waals surface area contributed by atoms with Crippen LogP contribution in [0.4, 0.5) is 15.2 Å². The number of benzene rings is 3. The third-order valence-electron chi connectivity index (χ3n) is 6.96. The SMILES string of the molecule is CC(C)c1ccc2nc(Nc3ccc(-c4ccc(C(=O)C5CCCC5C(=O)O)cc4)cc3F)sc2c1. The first kappa shape index (κ1) is 24.1. The van der Waals surface area contributed by atoms with E-state index in [1.807, 2.05) is 12.1 Å². The minimum absolute atomic E-state index is 0.131. The van der Waals surface area contributed by atoms with Crippen LogP contribution in [0.15, 0.2) is 60.7 Å². The van der Waals surface area contributed by atoms with Crippen LogP contribution in [0.2, 0.25) is 0 Å². The van der Waals surface area contributed by atoms with E-state index in [9.17, 15) is 19.1 Å². The highest BCUT2D eigenvalue weighted by atomic mass is 32.1. The molecule has 3 aromatic carbocycles. The summed E-state index contributed by atoms with van der Waals surface area (Å²) in [6.07, 6.45) is 1.89. The highest BCUT2D eigenvalue weighted by Crippen LogP contribution is 2.35. The van der Waals surface area contributed by atoms with Gasteiger partial charge in [-0.3, -0.25) is 9.59 Å². The zero-order valence-corrected chi connectivity index (χ0v) is 20.9. The summed E-state index contributed by atoms with van der Waals surface area (Å²) in [4.78, 5) is 28.9. The van der Waals surface area contributed by atoms with Crippen LogP contribution in [-0.2, 0) is 4.79 Å². The van der Waals surface area contributed by atoms with Crippen LogP contribution in [0.1, 0.15) is 54.9 Å². The number of hydrogen-bond acceptors (Lipinski definition) is 5. The zero-order chi connectivity index (χ0) is 25.4. The van der Waals surface area contributed by atoms with Gasteiger partial charge in [-0.15, -0.1) is 0 Å². The Morgan fingerprint density at radius 1 is 1.00 bits per heavy atom. The van der Waals surface area contributed by atoms with Crippen molar-refractivity contribution in [3.63, 3.8) is 0 Å². The summed E-state index contributed by atoms with van der Waals surface area (Å²) >= 11 is 1.49. The van der Waals surface area contributed by atoms with Crippen LogP contribution < -0.4 is 5.32 Å². The number of anilines is 2. The van der Waals surface area contributed by atoms with Crippen molar-refractivity contribution in [3.05, 3.63) is 77.6 Å². The summed E-state index contributed by atoms with van der Waals surface area (Å²) in [6, 6.07) is 18.1. The number of aliphatic carboxylic acids is 1. The van der Waals surface area contributed by atoms with Gasteiger partial charge in [-0.2, -0.15) is 0 Å². The van der Waals surface area contributed by atoms with Crippen LogP contribution >= 0.6 is 11.3 Å². The number of hydrogen-bond donors (Lipinski definition) is 2. The van der Waals surface area contributed by atoms with Gasteiger partial charge in [0.1, 0.15) is 5.82 Å². The molecule has 0 aliphatic heterocycles. The lowest BCUT2D eigenvalue weighted by atomic mass is 9.88. The summed E-state index contributed by atoms with van der Waals surface area (Å²) in [7, 11) is 0. The van der Waals surface area contributed by atoms with E-state index in [2.05, 4.69) is 36.3 Å². The van der Waals surface area contributed by atoms with Gasteiger partial charge in [0.25, 0.3) is 0 Å². The maximum atomic E-state index is 15.0. The number of aromatic nitrogens is 1. The van der Waals surface area contributed by atoms with Crippen molar-refractivity contribution < 1.29 is 19.1 Å². The number of nitrogens with zero attached hydrogens (tertiary/aromatic N) is 1. The van der Waals surface area contributed by atoms with E-state index < -0.39 is 23.6 Å². The average molecular weight is 503 g/mol. The first-order valence-electron chi connectivity index (χ1n) is 12.1. The second-order valence-electron chi connectivity index (χ2n) is 9.64. The van der Waals surface area contributed by atoms with Crippen molar-refractivity contribution in [1.29, 1.82) is 0 Å². The fourth-order valence-electron chi connectivity index (χ4n) is 4.88. The second kappa shape index (κ2) is 9.82. The molecule has 0 saturated heterocycles. The Labute approximate surface area is 213 Å². The number of carbonyl (C=O) groups excluding carboxylic acids is 1. The highest BCUT2D eigenvalue weighted by Gasteiger charge is 2.37. The first-order valence-corrected chi connectivity index (χ1v) is 13.0. The topological polar surface area (TPSA) is 79.3 Å². The monoisotopic (exact) mass is 502 g/mol. The fourth-order valence-corrected chi connectivity index (χ4v) is 5.80. The maximum Gasteiger partial charge on any atom is 0.307 e. The number of halogens is 1. The number of carboxylic acids is 1. The maximum absolute atomic E-state index is 15.0. The molecule has 5 rings (SSSR count). The Balaban J connectivity index is 1.32. The molecule has 184 valence electrons. The van der Waals surface area contributed by atoms with Crippen LogP contribution in [0.5, 0.6) is 0 Å². The number of ketones is 1. The molecule has 36 heavy (non-hydrogen) atoms. The molecule has 4 aromatic rings. The number of rotatable bonds is 7. The molecule has 0 radical (unpaired) electrons. The molecule has 0 bridgehead atoms. The number of fused-ring (bicyclic) bond motifs is 1. The number of carbonyl (C=O) groups is 2. The molecule has 2 N–H and O–H groups in total. The van der Waals surface area contributed by atoms with E-state index in [1.54, 1.807) is 30.3 Å². The predicted octanol–water partition coefficient (Wildman–Crippen LogP) is 7.65. The van der Waals surface area contributed by atoms with Gasteiger partial charge in [0.05, 0.1) is 21.8 Å². The Hall–Kier alpha value is -3.58. The average Bonchev–Trinajstić information content (AvgIpc) is 3.51. The second-order valence-corrected chi connectivity index (χ2v) is 10.7. The van der Waals surface area contributed by atoms with E-state index in [0.29, 0.717) is 40.7 Å². The summed E-state index contributed by atoms with van der Waals surface area (Å²) < 4.78 is 16.0. The van der Waals surface area contributed by atoms with Crippen molar-refractivity contribution in [1.82, 2.24) is 4.98 Å². The largest absolute Gasteiger partial charge is 0.481 e. The van der Waals surface area contributed by atoms with Gasteiger partial charge in [-0.25, -0.2) is 9.37 Å². The summed E-state index contributed by atoms with van der Waals surface area (Å²) in [5.74, 6) is -2.10. The molecule has 2 unspecified atom stereocenters. The fraction of sp³-hybridized carbons (Fsp3) is 0.276. The molecule has 1 aromatic heterocycles. The third-order valence-corrected chi connectivity index (χ3v) is 7.90. The van der Waals surface area contributed by atoms with E-state index in [-0.39, 0.29) is 5.78 Å². The van der Waals surface area contributed by atoms with Gasteiger partial charge in [0.15, 0.2) is 10.9 Å². The van der Waals surface area contributed by atoms with Crippen molar-refractivity contribution >= 4 is 44.1 Å². The number of nitrogens with one attached hydrogen (secondary N) is 1. The molecule has 0 spiro atoms. The zero-order valence-electron chi connectivity index (χ0n) is 20.1. The molecule has 5 nitrogen and oxygen atoms in total. The lowest BCUT2D eigenvalue weighted by Gasteiger charge is -2.15. The van der Waals surface area contributed by atoms with Gasteiger partial charge in [-0.05, 0) is 59.7 Å². The van der Waals surface area contributed by atoms with Gasteiger partial charge in [0, 0.05) is 11.5 Å². The van der Waals surface area contributed by atoms with E-state index >= 15 is 0 Å². The van der Waals surface area contributed by atoms with Crippen molar-refractivity contribution in [2.75, 3.05) is 5.32 Å². The molecule has 7 heteroatoms. The van der Waals surface area contributed by atoms with Gasteiger partial charge >= 0.3 is 5.97 Å². The van der Waals surface area contributed by atoms with Crippen molar-refractivity contribution in [2.45, 2.75) is 39.0 Å².